The molecule has 1 saturated heterocycles. The van der Waals surface area contributed by atoms with Gasteiger partial charge in [-0.25, -0.2) is 0 Å². The van der Waals surface area contributed by atoms with Crippen LogP contribution in [-0.2, 0) is 10.2 Å². The molecule has 4 rings (SSSR count). The van der Waals surface area contributed by atoms with Crippen molar-refractivity contribution in [3.63, 3.8) is 0 Å². The van der Waals surface area contributed by atoms with Crippen molar-refractivity contribution in [2.75, 3.05) is 13.1 Å². The van der Waals surface area contributed by atoms with Gasteiger partial charge in [-0.3, -0.25) is 14.5 Å². The van der Waals surface area contributed by atoms with Crippen molar-refractivity contribution in [2.45, 2.75) is 30.7 Å². The Labute approximate surface area is 133 Å². The third-order valence-electron chi connectivity index (χ3n) is 4.77. The van der Waals surface area contributed by atoms with Gasteiger partial charge >= 0.3 is 0 Å². The summed E-state index contributed by atoms with van der Waals surface area (Å²) in [5.41, 5.74) is 0.718. The lowest BCUT2D eigenvalue weighted by Crippen LogP contribution is -2.38. The molecule has 1 amide bonds. The van der Waals surface area contributed by atoms with Crippen LogP contribution < -0.4 is 0 Å². The first-order valence-electron chi connectivity index (χ1n) is 7.59. The summed E-state index contributed by atoms with van der Waals surface area (Å²) in [4.78, 5) is 19.1. The zero-order chi connectivity index (χ0) is 15.2. The summed E-state index contributed by atoms with van der Waals surface area (Å²) in [6.07, 6.45) is 9.81. The van der Waals surface area contributed by atoms with Gasteiger partial charge in [0, 0.05) is 31.7 Å². The van der Waals surface area contributed by atoms with E-state index in [1.807, 2.05) is 34.1 Å². The summed E-state index contributed by atoms with van der Waals surface area (Å²) in [5.74, 6) is 0.237. The van der Waals surface area contributed by atoms with Crippen molar-refractivity contribution < 1.29 is 4.79 Å². The van der Waals surface area contributed by atoms with Crippen LogP contribution in [0.25, 0.3) is 0 Å². The fraction of sp³-hybridized carbons (Fsp3) is 0.438. The number of pyridine rings is 1. The molecule has 1 aliphatic heterocycles. The van der Waals surface area contributed by atoms with Crippen molar-refractivity contribution in [2.24, 2.45) is 0 Å². The van der Waals surface area contributed by atoms with Crippen LogP contribution in [-0.4, -0.2) is 38.7 Å². The van der Waals surface area contributed by atoms with Crippen molar-refractivity contribution in [3.8, 4) is 0 Å². The van der Waals surface area contributed by atoms with E-state index in [-0.39, 0.29) is 17.4 Å². The molecule has 3 heterocycles. The molecule has 0 radical (unpaired) electrons. The molecule has 0 N–H and O–H groups in total. The number of amides is 1. The molecule has 2 aromatic heterocycles. The molecule has 0 aromatic carbocycles. The molecule has 1 unspecified atom stereocenters. The second kappa shape index (κ2) is 5.09. The molecule has 1 aliphatic carbocycles. The monoisotopic (exact) mass is 316 g/mol. The second-order valence-corrected chi connectivity index (χ2v) is 6.59. The standard InChI is InChI=1S/C16H17ClN4O/c17-13-9-19-21(10-13)14-3-7-20(11-14)15(22)16(4-5-16)12-2-1-6-18-8-12/h1-2,6,8-10,14H,3-5,7,11H2. The van der Waals surface area contributed by atoms with Gasteiger partial charge in [0.1, 0.15) is 0 Å². The van der Waals surface area contributed by atoms with Gasteiger partial charge in [-0.05, 0) is 30.9 Å². The summed E-state index contributed by atoms with van der Waals surface area (Å²) in [6.45, 7) is 1.49. The lowest BCUT2D eigenvalue weighted by molar-refractivity contribution is -0.133. The highest BCUT2D eigenvalue weighted by Gasteiger charge is 2.54. The fourth-order valence-corrected chi connectivity index (χ4v) is 3.50. The Morgan fingerprint density at radius 2 is 2.23 bits per heavy atom. The number of hydrogen-bond donors (Lipinski definition) is 0. The summed E-state index contributed by atoms with van der Waals surface area (Å²) in [7, 11) is 0. The van der Waals surface area contributed by atoms with Crippen molar-refractivity contribution >= 4 is 17.5 Å². The molecule has 2 aliphatic rings. The third-order valence-corrected chi connectivity index (χ3v) is 4.96. The van der Waals surface area contributed by atoms with E-state index < -0.39 is 0 Å². The number of likely N-dealkylation sites (tertiary alicyclic amines) is 1. The molecule has 0 bridgehead atoms. The molecule has 6 heteroatoms. The molecule has 2 fully saturated rings. The average Bonchev–Trinajstić information content (AvgIpc) is 3.00. The van der Waals surface area contributed by atoms with Gasteiger partial charge in [-0.2, -0.15) is 5.10 Å². The maximum atomic E-state index is 13.0. The van der Waals surface area contributed by atoms with Crippen LogP contribution >= 0.6 is 11.6 Å². The minimum Gasteiger partial charge on any atom is -0.340 e. The SMILES string of the molecule is O=C(N1CCC(n2cc(Cl)cn2)C1)C1(c2cccnc2)CC1. The highest BCUT2D eigenvalue weighted by molar-refractivity contribution is 6.30. The van der Waals surface area contributed by atoms with Gasteiger partial charge in [0.25, 0.3) is 0 Å². The maximum Gasteiger partial charge on any atom is 0.233 e. The number of carbonyl (C=O) groups is 1. The summed E-state index contributed by atoms with van der Waals surface area (Å²) in [5, 5.41) is 4.90. The summed E-state index contributed by atoms with van der Waals surface area (Å²) in [6, 6.07) is 4.14. The first-order chi connectivity index (χ1) is 10.7. The molecule has 1 atom stereocenters. The first kappa shape index (κ1) is 13.8. The average molecular weight is 317 g/mol. The summed E-state index contributed by atoms with van der Waals surface area (Å²) >= 11 is 5.93. The van der Waals surface area contributed by atoms with Gasteiger partial charge in [0.2, 0.25) is 5.91 Å². The molecular formula is C16H17ClN4O. The van der Waals surface area contributed by atoms with E-state index in [1.54, 1.807) is 12.4 Å². The molecule has 22 heavy (non-hydrogen) atoms. The van der Waals surface area contributed by atoms with E-state index in [2.05, 4.69) is 10.1 Å². The van der Waals surface area contributed by atoms with Crippen LogP contribution in [0.15, 0.2) is 36.9 Å². The number of hydrogen-bond acceptors (Lipinski definition) is 3. The van der Waals surface area contributed by atoms with Crippen LogP contribution in [0.1, 0.15) is 30.9 Å². The summed E-state index contributed by atoms with van der Waals surface area (Å²) < 4.78 is 1.87. The van der Waals surface area contributed by atoms with Gasteiger partial charge in [-0.1, -0.05) is 17.7 Å². The smallest absolute Gasteiger partial charge is 0.233 e. The van der Waals surface area contributed by atoms with E-state index in [0.29, 0.717) is 11.6 Å². The predicted octanol–water partition coefficient (Wildman–Crippen LogP) is 2.44. The third kappa shape index (κ3) is 2.20. The number of rotatable bonds is 3. The maximum absolute atomic E-state index is 13.0. The Kier molecular flexibility index (Phi) is 3.18. The zero-order valence-corrected chi connectivity index (χ0v) is 12.9. The Morgan fingerprint density at radius 1 is 1.36 bits per heavy atom. The van der Waals surface area contributed by atoms with Gasteiger partial charge < -0.3 is 4.90 Å². The van der Waals surface area contributed by atoms with Gasteiger partial charge in [0.15, 0.2) is 0 Å². The molecule has 1 saturated carbocycles. The number of halogens is 1. The fourth-order valence-electron chi connectivity index (χ4n) is 3.36. The second-order valence-electron chi connectivity index (χ2n) is 6.16. The normalized spacial score (nSPS) is 22.8. The van der Waals surface area contributed by atoms with Crippen molar-refractivity contribution in [1.82, 2.24) is 19.7 Å². The van der Waals surface area contributed by atoms with Crippen LogP contribution in [0.3, 0.4) is 0 Å². The molecular weight excluding hydrogens is 300 g/mol. The van der Waals surface area contributed by atoms with Gasteiger partial charge in [-0.15, -0.1) is 0 Å². The van der Waals surface area contributed by atoms with E-state index in [4.69, 9.17) is 11.6 Å². The van der Waals surface area contributed by atoms with Gasteiger partial charge in [0.05, 0.1) is 22.7 Å². The highest BCUT2D eigenvalue weighted by Crippen LogP contribution is 2.50. The lowest BCUT2D eigenvalue weighted by Gasteiger charge is -2.23. The topological polar surface area (TPSA) is 51.0 Å². The van der Waals surface area contributed by atoms with E-state index >= 15 is 0 Å². The molecule has 0 spiro atoms. The lowest BCUT2D eigenvalue weighted by atomic mass is 9.96. The Morgan fingerprint density at radius 3 is 2.86 bits per heavy atom. The number of nitrogens with zero attached hydrogens (tertiary/aromatic N) is 4. The van der Waals surface area contributed by atoms with Crippen molar-refractivity contribution in [3.05, 3.63) is 47.5 Å². The quantitative estimate of drug-likeness (QED) is 0.874. The molecule has 2 aromatic rings. The number of aromatic nitrogens is 3. The van der Waals surface area contributed by atoms with E-state index in [1.165, 1.54) is 0 Å². The van der Waals surface area contributed by atoms with E-state index in [0.717, 1.165) is 31.4 Å². The highest BCUT2D eigenvalue weighted by atomic mass is 35.5. The molecule has 114 valence electrons. The largest absolute Gasteiger partial charge is 0.340 e. The number of carbonyl (C=O) groups excluding carboxylic acids is 1. The van der Waals surface area contributed by atoms with Crippen LogP contribution in [0.5, 0.6) is 0 Å². The molecule has 5 nitrogen and oxygen atoms in total. The van der Waals surface area contributed by atoms with Crippen LogP contribution in [0.4, 0.5) is 0 Å². The van der Waals surface area contributed by atoms with E-state index in [9.17, 15) is 4.79 Å². The zero-order valence-electron chi connectivity index (χ0n) is 12.2. The minimum absolute atomic E-state index is 0.223. The Balaban J connectivity index is 1.50. The minimum atomic E-state index is -0.328. The first-order valence-corrected chi connectivity index (χ1v) is 7.96. The van der Waals surface area contributed by atoms with Crippen LogP contribution in [0, 0.1) is 0 Å². The Hall–Kier alpha value is -1.88. The predicted molar refractivity (Wildman–Crippen MR) is 82.6 cm³/mol. The Bertz CT molecular complexity index is 695. The van der Waals surface area contributed by atoms with Crippen molar-refractivity contribution in [1.29, 1.82) is 0 Å². The van der Waals surface area contributed by atoms with Crippen LogP contribution in [0.2, 0.25) is 5.02 Å².